The van der Waals surface area contributed by atoms with E-state index in [2.05, 4.69) is 42.1 Å². The van der Waals surface area contributed by atoms with E-state index >= 15 is 0 Å². The lowest BCUT2D eigenvalue weighted by Crippen LogP contribution is -2.56. The van der Waals surface area contributed by atoms with Crippen molar-refractivity contribution in [3.05, 3.63) is 108 Å². The van der Waals surface area contributed by atoms with Crippen LogP contribution in [0.25, 0.3) is 5.69 Å². The number of carbonyl (C=O) groups excluding carboxylic acids is 3. The average molecular weight is 745 g/mol. The molecular formula is C37H39F3N10O4. The number of fused-ring (bicyclic) bond motifs is 1. The summed E-state index contributed by atoms with van der Waals surface area (Å²) in [6.45, 7) is 11.4. The number of benzene rings is 1. The molecule has 54 heavy (non-hydrogen) atoms. The second-order valence-electron chi connectivity index (χ2n) is 13.3. The van der Waals surface area contributed by atoms with Gasteiger partial charge >= 0.3 is 6.18 Å². The molecular weight excluding hydrogens is 705 g/mol. The minimum atomic E-state index is -4.81. The number of piperazine rings is 1. The van der Waals surface area contributed by atoms with E-state index in [9.17, 15) is 27.6 Å². The molecule has 2 atom stereocenters. The third-order valence-electron chi connectivity index (χ3n) is 9.84. The van der Waals surface area contributed by atoms with Crippen molar-refractivity contribution >= 4 is 23.5 Å². The van der Waals surface area contributed by atoms with E-state index < -0.39 is 41.5 Å². The Labute approximate surface area is 309 Å². The Morgan fingerprint density at radius 2 is 1.76 bits per heavy atom. The van der Waals surface area contributed by atoms with Gasteiger partial charge in [-0.15, -0.1) is 0 Å². The minimum absolute atomic E-state index is 0.0497. The highest BCUT2D eigenvalue weighted by atomic mass is 19.4. The number of amides is 3. The van der Waals surface area contributed by atoms with E-state index in [-0.39, 0.29) is 19.0 Å². The van der Waals surface area contributed by atoms with Crippen LogP contribution in [-0.2, 0) is 27.0 Å². The van der Waals surface area contributed by atoms with Gasteiger partial charge in [0.25, 0.3) is 11.8 Å². The van der Waals surface area contributed by atoms with Crippen molar-refractivity contribution in [1.82, 2.24) is 45.2 Å². The number of nitrogens with zero attached hydrogens (tertiary/aromatic N) is 8. The van der Waals surface area contributed by atoms with Gasteiger partial charge in [-0.3, -0.25) is 34.1 Å². The quantitative estimate of drug-likeness (QED) is 0.220. The number of rotatable bonds is 11. The molecule has 1 aromatic carbocycles. The number of aromatic nitrogens is 5. The van der Waals surface area contributed by atoms with Crippen molar-refractivity contribution in [2.45, 2.75) is 37.6 Å². The molecule has 282 valence electrons. The number of pyridine rings is 1. The van der Waals surface area contributed by atoms with Gasteiger partial charge in [-0.25, -0.2) is 14.6 Å². The monoisotopic (exact) mass is 744 g/mol. The highest BCUT2D eigenvalue weighted by molar-refractivity contribution is 6.04. The Kier molecular flexibility index (Phi) is 10.5. The zero-order valence-corrected chi connectivity index (χ0v) is 29.5. The lowest BCUT2D eigenvalue weighted by molar-refractivity contribution is -0.141. The van der Waals surface area contributed by atoms with Crippen molar-refractivity contribution in [2.24, 2.45) is 0 Å². The summed E-state index contributed by atoms with van der Waals surface area (Å²) in [4.78, 5) is 59.0. The van der Waals surface area contributed by atoms with Crippen LogP contribution in [0.3, 0.4) is 0 Å². The van der Waals surface area contributed by atoms with E-state index in [1.807, 2.05) is 30.3 Å². The number of hydrogen-bond acceptors (Lipinski definition) is 10. The molecule has 14 nitrogen and oxygen atoms in total. The number of para-hydroxylation sites is 1. The van der Waals surface area contributed by atoms with E-state index in [4.69, 9.17) is 9.72 Å². The van der Waals surface area contributed by atoms with Crippen LogP contribution in [0.4, 0.5) is 19.0 Å². The maximum Gasteiger partial charge on any atom is 0.433 e. The Balaban J connectivity index is 1.13. The summed E-state index contributed by atoms with van der Waals surface area (Å²) < 4.78 is 47.3. The fourth-order valence-corrected chi connectivity index (χ4v) is 6.94. The smallest absolute Gasteiger partial charge is 0.378 e. The van der Waals surface area contributed by atoms with Gasteiger partial charge in [0, 0.05) is 56.6 Å². The largest absolute Gasteiger partial charge is 0.433 e. The topological polar surface area (TPSA) is 151 Å². The molecule has 6 heterocycles. The summed E-state index contributed by atoms with van der Waals surface area (Å²) in [5.74, 6) is -3.14. The summed E-state index contributed by atoms with van der Waals surface area (Å²) in [7, 11) is 0. The van der Waals surface area contributed by atoms with Gasteiger partial charge < -0.3 is 15.4 Å². The van der Waals surface area contributed by atoms with Crippen molar-refractivity contribution < 1.29 is 32.3 Å². The molecule has 2 fully saturated rings. The fraction of sp³-hybridized carbons (Fsp3) is 0.378. The minimum Gasteiger partial charge on any atom is -0.378 e. The molecule has 2 N–H and O–H groups in total. The van der Waals surface area contributed by atoms with Gasteiger partial charge in [0.2, 0.25) is 11.7 Å². The maximum absolute atomic E-state index is 14.3. The molecule has 2 saturated heterocycles. The van der Waals surface area contributed by atoms with E-state index in [1.54, 1.807) is 36.0 Å². The fourth-order valence-electron chi connectivity index (χ4n) is 6.94. The van der Waals surface area contributed by atoms with Crippen LogP contribution in [0.2, 0.25) is 0 Å². The van der Waals surface area contributed by atoms with Gasteiger partial charge in [-0.1, -0.05) is 30.8 Å². The third-order valence-corrected chi connectivity index (χ3v) is 9.84. The first-order valence-electron chi connectivity index (χ1n) is 17.6. The normalized spacial score (nSPS) is 19.6. The lowest BCUT2D eigenvalue weighted by Gasteiger charge is -2.42. The zero-order chi connectivity index (χ0) is 38.0. The van der Waals surface area contributed by atoms with Crippen molar-refractivity contribution in [2.75, 3.05) is 57.4 Å². The van der Waals surface area contributed by atoms with Crippen LogP contribution in [0, 0.1) is 0 Å². The van der Waals surface area contributed by atoms with Crippen LogP contribution in [-0.4, -0.2) is 117 Å². The summed E-state index contributed by atoms with van der Waals surface area (Å²) in [6.07, 6.45) is -2.39. The summed E-state index contributed by atoms with van der Waals surface area (Å²) >= 11 is 0. The van der Waals surface area contributed by atoms with Gasteiger partial charge in [0.1, 0.15) is 17.6 Å². The number of carbonyl (C=O) groups is 3. The van der Waals surface area contributed by atoms with E-state index in [1.165, 1.54) is 4.90 Å². The highest BCUT2D eigenvalue weighted by Crippen LogP contribution is 2.41. The third kappa shape index (κ3) is 7.60. The van der Waals surface area contributed by atoms with Crippen LogP contribution in [0.5, 0.6) is 0 Å². The number of alkyl halides is 3. The molecule has 0 radical (unpaired) electrons. The summed E-state index contributed by atoms with van der Waals surface area (Å²) in [5.41, 5.74) is 1.19. The Hall–Kier alpha value is -5.52. The number of nitrogens with one attached hydrogen (secondary N) is 2. The number of halogens is 3. The van der Waals surface area contributed by atoms with Gasteiger partial charge in [-0.2, -0.15) is 18.3 Å². The molecule has 0 saturated carbocycles. The summed E-state index contributed by atoms with van der Waals surface area (Å²) in [5, 5.41) is 10.1. The molecule has 3 aliphatic rings. The number of ether oxygens (including phenoxy) is 1. The predicted octanol–water partition coefficient (Wildman–Crippen LogP) is 2.56. The SMILES string of the molecule is C=C(CN1CCN(C2COC2)CC1)C(=O)NCc1cccc([C@@H]2c3cnn(-c4ccccc4)c3N(CC)C(=O)[C@@H]2NC(=O)c2nccc(C(F)(F)F)n2)n1. The lowest BCUT2D eigenvalue weighted by atomic mass is 9.85. The van der Waals surface area contributed by atoms with Crippen molar-refractivity contribution in [1.29, 1.82) is 0 Å². The van der Waals surface area contributed by atoms with Crippen LogP contribution in [0.1, 0.15) is 46.1 Å². The molecule has 0 bridgehead atoms. The summed E-state index contributed by atoms with van der Waals surface area (Å²) in [6, 6.07) is 14.1. The first-order chi connectivity index (χ1) is 26.0. The van der Waals surface area contributed by atoms with Crippen molar-refractivity contribution in [3.63, 3.8) is 0 Å². The van der Waals surface area contributed by atoms with Crippen molar-refractivity contribution in [3.8, 4) is 5.69 Å². The molecule has 0 unspecified atom stereocenters. The molecule has 7 rings (SSSR count). The second-order valence-corrected chi connectivity index (χ2v) is 13.3. The molecule has 4 aromatic rings. The number of anilines is 1. The number of likely N-dealkylation sites (N-methyl/N-ethyl adjacent to an activating group) is 1. The average Bonchev–Trinajstić information content (AvgIpc) is 3.58. The first-order valence-corrected chi connectivity index (χ1v) is 17.6. The van der Waals surface area contributed by atoms with E-state index in [0.29, 0.717) is 52.7 Å². The Morgan fingerprint density at radius 1 is 1.00 bits per heavy atom. The molecule has 3 aliphatic heterocycles. The van der Waals surface area contributed by atoms with Gasteiger partial charge in [-0.05, 0) is 37.3 Å². The Morgan fingerprint density at radius 3 is 2.44 bits per heavy atom. The van der Waals surface area contributed by atoms with Crippen LogP contribution in [0.15, 0.2) is 79.1 Å². The first kappa shape index (κ1) is 36.8. The molecule has 3 amide bonds. The molecule has 0 spiro atoms. The van der Waals surface area contributed by atoms with Crippen LogP contribution >= 0.6 is 0 Å². The molecule has 17 heteroatoms. The maximum atomic E-state index is 14.3. The highest BCUT2D eigenvalue weighted by Gasteiger charge is 2.45. The molecule has 3 aromatic heterocycles. The van der Waals surface area contributed by atoms with Gasteiger partial charge in [0.05, 0.1) is 55.0 Å². The molecule has 0 aliphatic carbocycles. The van der Waals surface area contributed by atoms with Gasteiger partial charge in [0.15, 0.2) is 0 Å². The standard InChI is InChI=1S/C37H39F3N10O4/c1-3-49-35-27(19-43-50(35)25-9-5-4-6-10-25)30(31(36(49)53)46-34(52)32-41-13-12-29(45-32)37(38,39)40)28-11-7-8-24(44-28)18-42-33(51)23(2)20-47-14-16-48(17-15-47)26-21-54-22-26/h4-13,19,26,30-31H,2-3,14-18,20-22H2,1H3,(H,42,51)(H,46,52)/t30-,31+/m0/s1. The van der Waals surface area contributed by atoms with E-state index in [0.717, 1.165) is 45.6 Å². The number of hydrogen-bond donors (Lipinski definition) is 2. The zero-order valence-electron chi connectivity index (χ0n) is 29.5. The second kappa shape index (κ2) is 15.5. The Bertz CT molecular complexity index is 2030. The van der Waals surface area contributed by atoms with Crippen LogP contribution < -0.4 is 15.5 Å². The predicted molar refractivity (Wildman–Crippen MR) is 190 cm³/mol.